The van der Waals surface area contributed by atoms with Crippen LogP contribution in [-0.4, -0.2) is 38.1 Å². The van der Waals surface area contributed by atoms with E-state index in [1.165, 1.54) is 6.33 Å². The third-order valence-corrected chi connectivity index (χ3v) is 4.21. The maximum Gasteiger partial charge on any atom is 0.239 e. The standard InChI is InChI=1S/C17H18N6O2/c1-10(16(18)24)21-11-7-13-15-14(8-11)25-6-2-5-23(15)17(22-13)12-3-4-19-9-20-12/h3-4,7-10,21H,2,5-6H2,1H3,(H2,18,24)/t10-/m0/s1. The second-order valence-electron chi connectivity index (χ2n) is 5.99. The van der Waals surface area contributed by atoms with Crippen molar-refractivity contribution in [1.29, 1.82) is 0 Å². The Hall–Kier alpha value is -3.16. The van der Waals surface area contributed by atoms with E-state index in [1.54, 1.807) is 13.1 Å². The first kappa shape index (κ1) is 15.4. The zero-order valence-electron chi connectivity index (χ0n) is 13.8. The summed E-state index contributed by atoms with van der Waals surface area (Å²) in [5.41, 5.74) is 8.57. The normalized spacial score (nSPS) is 14.6. The van der Waals surface area contributed by atoms with Crippen LogP contribution in [0.5, 0.6) is 5.75 Å². The van der Waals surface area contributed by atoms with Gasteiger partial charge in [0.25, 0.3) is 0 Å². The molecule has 0 saturated carbocycles. The van der Waals surface area contributed by atoms with Crippen molar-refractivity contribution < 1.29 is 9.53 Å². The van der Waals surface area contributed by atoms with Crippen molar-refractivity contribution in [2.24, 2.45) is 5.73 Å². The van der Waals surface area contributed by atoms with Crippen LogP contribution in [0.15, 0.2) is 30.7 Å². The molecule has 8 heteroatoms. The Bertz CT molecular complexity index is 937. The zero-order chi connectivity index (χ0) is 17.4. The number of carbonyl (C=O) groups excluding carboxylic acids is 1. The molecule has 1 aliphatic rings. The van der Waals surface area contributed by atoms with Crippen LogP contribution in [0.2, 0.25) is 0 Å². The smallest absolute Gasteiger partial charge is 0.239 e. The fourth-order valence-corrected chi connectivity index (χ4v) is 2.99. The number of primary amides is 1. The monoisotopic (exact) mass is 338 g/mol. The predicted octanol–water partition coefficient (Wildman–Crippen LogP) is 1.56. The average Bonchev–Trinajstić information content (AvgIpc) is 2.83. The Morgan fingerprint density at radius 2 is 2.32 bits per heavy atom. The van der Waals surface area contributed by atoms with Crippen molar-refractivity contribution in [1.82, 2.24) is 19.5 Å². The molecule has 1 atom stereocenters. The molecule has 1 amide bonds. The summed E-state index contributed by atoms with van der Waals surface area (Å²) in [7, 11) is 0. The van der Waals surface area contributed by atoms with E-state index in [2.05, 4.69) is 19.9 Å². The van der Waals surface area contributed by atoms with Gasteiger partial charge < -0.3 is 20.4 Å². The van der Waals surface area contributed by atoms with Crippen molar-refractivity contribution in [2.75, 3.05) is 11.9 Å². The predicted molar refractivity (Wildman–Crippen MR) is 93.2 cm³/mol. The minimum Gasteiger partial charge on any atom is -0.491 e. The summed E-state index contributed by atoms with van der Waals surface area (Å²) in [5.74, 6) is 1.10. The highest BCUT2D eigenvalue weighted by molar-refractivity contribution is 5.90. The van der Waals surface area contributed by atoms with Crippen LogP contribution < -0.4 is 15.8 Å². The number of nitrogens with zero attached hydrogens (tertiary/aromatic N) is 4. The van der Waals surface area contributed by atoms with Gasteiger partial charge in [0.1, 0.15) is 29.3 Å². The van der Waals surface area contributed by atoms with Gasteiger partial charge in [-0.25, -0.2) is 15.0 Å². The average molecular weight is 338 g/mol. The van der Waals surface area contributed by atoms with Gasteiger partial charge in [-0.3, -0.25) is 4.79 Å². The van der Waals surface area contributed by atoms with E-state index in [0.29, 0.717) is 6.61 Å². The molecular weight excluding hydrogens is 320 g/mol. The van der Waals surface area contributed by atoms with E-state index in [1.807, 2.05) is 18.2 Å². The molecule has 1 aliphatic heterocycles. The van der Waals surface area contributed by atoms with Gasteiger partial charge in [-0.15, -0.1) is 0 Å². The number of aryl methyl sites for hydroxylation is 1. The molecule has 0 saturated heterocycles. The lowest BCUT2D eigenvalue weighted by atomic mass is 10.2. The molecule has 2 aromatic heterocycles. The molecular formula is C17H18N6O2. The van der Waals surface area contributed by atoms with Crippen LogP contribution in [0.4, 0.5) is 5.69 Å². The lowest BCUT2D eigenvalue weighted by Gasteiger charge is -2.13. The van der Waals surface area contributed by atoms with Crippen molar-refractivity contribution in [3.8, 4) is 17.3 Å². The van der Waals surface area contributed by atoms with Crippen LogP contribution >= 0.6 is 0 Å². The molecule has 1 aromatic carbocycles. The summed E-state index contributed by atoms with van der Waals surface area (Å²) in [6.07, 6.45) is 4.08. The Morgan fingerprint density at radius 1 is 1.44 bits per heavy atom. The van der Waals surface area contributed by atoms with E-state index >= 15 is 0 Å². The molecule has 0 spiro atoms. The Labute approximate surface area is 144 Å². The first-order valence-electron chi connectivity index (χ1n) is 8.13. The summed E-state index contributed by atoms with van der Waals surface area (Å²) in [6, 6.07) is 5.13. The van der Waals surface area contributed by atoms with Gasteiger partial charge in [-0.05, 0) is 25.5 Å². The van der Waals surface area contributed by atoms with Gasteiger partial charge in [0.2, 0.25) is 5.91 Å². The second-order valence-corrected chi connectivity index (χ2v) is 5.99. The second kappa shape index (κ2) is 6.04. The fraction of sp³-hybridized carbons (Fsp3) is 0.294. The van der Waals surface area contributed by atoms with Gasteiger partial charge >= 0.3 is 0 Å². The molecule has 128 valence electrons. The Morgan fingerprint density at radius 3 is 3.08 bits per heavy atom. The summed E-state index contributed by atoms with van der Waals surface area (Å²) in [5, 5.41) is 3.09. The fourth-order valence-electron chi connectivity index (χ4n) is 2.99. The quantitative estimate of drug-likeness (QED) is 0.747. The van der Waals surface area contributed by atoms with E-state index in [9.17, 15) is 4.79 Å². The summed E-state index contributed by atoms with van der Waals surface area (Å²) in [4.78, 5) is 24.4. The SMILES string of the molecule is C[C@H](Nc1cc2c3c(c1)nc(-c1ccncn1)n3CCCO2)C(N)=O. The lowest BCUT2D eigenvalue weighted by molar-refractivity contribution is -0.118. The molecule has 3 heterocycles. The number of nitrogens with two attached hydrogens (primary N) is 1. The van der Waals surface area contributed by atoms with Crippen molar-refractivity contribution >= 4 is 22.6 Å². The molecule has 25 heavy (non-hydrogen) atoms. The van der Waals surface area contributed by atoms with Crippen molar-refractivity contribution in [3.05, 3.63) is 30.7 Å². The molecule has 8 nitrogen and oxygen atoms in total. The van der Waals surface area contributed by atoms with Gasteiger partial charge in [0.15, 0.2) is 5.82 Å². The molecule has 0 aliphatic carbocycles. The minimum absolute atomic E-state index is 0.418. The van der Waals surface area contributed by atoms with Gasteiger partial charge in [-0.1, -0.05) is 0 Å². The largest absolute Gasteiger partial charge is 0.491 e. The Kier molecular flexibility index (Phi) is 3.72. The molecule has 0 bridgehead atoms. The molecule has 0 unspecified atom stereocenters. The highest BCUT2D eigenvalue weighted by Gasteiger charge is 2.21. The maximum atomic E-state index is 11.3. The molecule has 3 N–H and O–H groups in total. The molecule has 3 aromatic rings. The number of benzene rings is 1. The summed E-state index contributed by atoms with van der Waals surface area (Å²) < 4.78 is 8.03. The molecule has 0 fully saturated rings. The highest BCUT2D eigenvalue weighted by Crippen LogP contribution is 2.35. The number of nitrogens with one attached hydrogen (secondary N) is 1. The topological polar surface area (TPSA) is 108 Å². The van der Waals surface area contributed by atoms with Crippen LogP contribution in [0, 0.1) is 0 Å². The van der Waals surface area contributed by atoms with Crippen molar-refractivity contribution in [2.45, 2.75) is 25.9 Å². The maximum absolute atomic E-state index is 11.3. The van der Waals surface area contributed by atoms with E-state index in [4.69, 9.17) is 15.5 Å². The third kappa shape index (κ3) is 2.75. The number of ether oxygens (including phenoxy) is 1. The molecule has 0 radical (unpaired) electrons. The lowest BCUT2D eigenvalue weighted by Crippen LogP contribution is -2.32. The van der Waals surface area contributed by atoms with E-state index in [-0.39, 0.29) is 0 Å². The van der Waals surface area contributed by atoms with Crippen LogP contribution in [0.25, 0.3) is 22.6 Å². The number of amides is 1. The highest BCUT2D eigenvalue weighted by atomic mass is 16.5. The van der Waals surface area contributed by atoms with Crippen LogP contribution in [-0.2, 0) is 11.3 Å². The zero-order valence-corrected chi connectivity index (χ0v) is 13.8. The Balaban J connectivity index is 1.87. The van der Waals surface area contributed by atoms with Crippen LogP contribution in [0.3, 0.4) is 0 Å². The summed E-state index contributed by atoms with van der Waals surface area (Å²) in [6.45, 7) is 3.14. The number of aromatic nitrogens is 4. The van der Waals surface area contributed by atoms with Crippen molar-refractivity contribution in [3.63, 3.8) is 0 Å². The van der Waals surface area contributed by atoms with Crippen LogP contribution in [0.1, 0.15) is 13.3 Å². The summed E-state index contributed by atoms with van der Waals surface area (Å²) >= 11 is 0. The minimum atomic E-state index is -0.487. The number of hydrogen-bond donors (Lipinski definition) is 2. The number of hydrogen-bond acceptors (Lipinski definition) is 6. The number of anilines is 1. The van der Waals surface area contributed by atoms with E-state index in [0.717, 1.165) is 47.0 Å². The van der Waals surface area contributed by atoms with Gasteiger partial charge in [-0.2, -0.15) is 0 Å². The first-order chi connectivity index (χ1) is 12.1. The number of carbonyl (C=O) groups is 1. The van der Waals surface area contributed by atoms with Gasteiger partial charge in [0, 0.05) is 24.5 Å². The van der Waals surface area contributed by atoms with Gasteiger partial charge in [0.05, 0.1) is 12.1 Å². The molecule has 4 rings (SSSR count). The first-order valence-corrected chi connectivity index (χ1v) is 8.13. The van der Waals surface area contributed by atoms with E-state index < -0.39 is 11.9 Å². The number of imidazole rings is 1. The third-order valence-electron chi connectivity index (χ3n) is 4.21. The number of rotatable bonds is 4.